The molecule has 0 radical (unpaired) electrons. The maximum Gasteiger partial charge on any atom is 0.226 e. The van der Waals surface area contributed by atoms with Gasteiger partial charge in [0.25, 0.3) is 0 Å². The summed E-state index contributed by atoms with van der Waals surface area (Å²) < 4.78 is 1.81. The van der Waals surface area contributed by atoms with Gasteiger partial charge < -0.3 is 9.80 Å². The summed E-state index contributed by atoms with van der Waals surface area (Å²) in [5, 5.41) is 7.29. The molecule has 122 valence electrons. The van der Waals surface area contributed by atoms with Gasteiger partial charge in [0.15, 0.2) is 5.13 Å². The predicted octanol–water partition coefficient (Wildman–Crippen LogP) is 1.72. The summed E-state index contributed by atoms with van der Waals surface area (Å²) in [6.45, 7) is 3.52. The van der Waals surface area contributed by atoms with E-state index in [4.69, 9.17) is 0 Å². The highest BCUT2D eigenvalue weighted by Crippen LogP contribution is 2.48. The van der Waals surface area contributed by atoms with Crippen molar-refractivity contribution in [1.29, 1.82) is 0 Å². The van der Waals surface area contributed by atoms with E-state index in [1.54, 1.807) is 11.3 Å². The number of hydrogen-bond donors (Lipinski definition) is 0. The van der Waals surface area contributed by atoms with Crippen molar-refractivity contribution in [1.82, 2.24) is 19.7 Å². The first-order chi connectivity index (χ1) is 11.2. The summed E-state index contributed by atoms with van der Waals surface area (Å²) in [5.41, 5.74) is 1.20. The van der Waals surface area contributed by atoms with Gasteiger partial charge in [-0.15, -0.1) is 11.3 Å². The Morgan fingerprint density at radius 3 is 2.96 bits per heavy atom. The Morgan fingerprint density at radius 1 is 1.30 bits per heavy atom. The molecule has 1 aliphatic heterocycles. The topological polar surface area (TPSA) is 54.3 Å². The lowest BCUT2D eigenvalue weighted by atomic mass is 10.2. The van der Waals surface area contributed by atoms with Gasteiger partial charge >= 0.3 is 0 Å². The zero-order chi connectivity index (χ0) is 15.8. The molecule has 6 nitrogen and oxygen atoms in total. The van der Waals surface area contributed by atoms with Crippen LogP contribution in [-0.2, 0) is 11.8 Å². The van der Waals surface area contributed by atoms with Crippen molar-refractivity contribution < 1.29 is 4.79 Å². The molecule has 2 fully saturated rings. The van der Waals surface area contributed by atoms with Crippen molar-refractivity contribution in [2.45, 2.75) is 18.8 Å². The molecule has 3 heterocycles. The van der Waals surface area contributed by atoms with Crippen LogP contribution in [-0.4, -0.2) is 51.8 Å². The number of rotatable bonds is 3. The second kappa shape index (κ2) is 5.96. The minimum absolute atomic E-state index is 0.158. The molecule has 2 unspecified atom stereocenters. The van der Waals surface area contributed by atoms with Crippen LogP contribution in [0.2, 0.25) is 0 Å². The van der Waals surface area contributed by atoms with Crippen molar-refractivity contribution in [3.05, 3.63) is 29.5 Å². The van der Waals surface area contributed by atoms with Crippen molar-refractivity contribution in [2.24, 2.45) is 13.0 Å². The highest BCUT2D eigenvalue weighted by atomic mass is 32.1. The van der Waals surface area contributed by atoms with Crippen LogP contribution in [0.15, 0.2) is 24.0 Å². The molecule has 0 bridgehead atoms. The highest BCUT2D eigenvalue weighted by Gasteiger charge is 2.46. The molecule has 4 rings (SSSR count). The SMILES string of the molecule is Cn1cc(C2CC2C(=O)N2CCCN(c3nccs3)CC2)cn1. The first-order valence-corrected chi connectivity index (χ1v) is 9.02. The minimum Gasteiger partial charge on any atom is -0.346 e. The Hall–Kier alpha value is -1.89. The summed E-state index contributed by atoms with van der Waals surface area (Å²) in [6, 6.07) is 0. The summed E-state index contributed by atoms with van der Waals surface area (Å²) in [4.78, 5) is 21.5. The van der Waals surface area contributed by atoms with Crippen LogP contribution in [0, 0.1) is 5.92 Å². The fourth-order valence-electron chi connectivity index (χ4n) is 3.40. The first-order valence-electron chi connectivity index (χ1n) is 8.14. The normalized spacial score (nSPS) is 24.6. The van der Waals surface area contributed by atoms with Gasteiger partial charge in [0, 0.05) is 56.9 Å². The van der Waals surface area contributed by atoms with E-state index in [1.807, 2.05) is 35.7 Å². The molecule has 2 atom stereocenters. The van der Waals surface area contributed by atoms with Gasteiger partial charge in [0.1, 0.15) is 0 Å². The van der Waals surface area contributed by atoms with Crippen LogP contribution in [0.1, 0.15) is 24.3 Å². The van der Waals surface area contributed by atoms with E-state index in [0.29, 0.717) is 11.8 Å². The largest absolute Gasteiger partial charge is 0.346 e. The second-order valence-electron chi connectivity index (χ2n) is 6.38. The average molecular weight is 331 g/mol. The summed E-state index contributed by atoms with van der Waals surface area (Å²) in [7, 11) is 1.92. The molecule has 2 aromatic rings. The summed E-state index contributed by atoms with van der Waals surface area (Å²) in [6.07, 6.45) is 7.75. The Morgan fingerprint density at radius 2 is 2.22 bits per heavy atom. The number of thiazole rings is 1. The molecule has 1 amide bonds. The van der Waals surface area contributed by atoms with Gasteiger partial charge in [-0.1, -0.05) is 0 Å². The van der Waals surface area contributed by atoms with E-state index in [2.05, 4.69) is 19.9 Å². The molecule has 1 saturated carbocycles. The molecule has 1 saturated heterocycles. The van der Waals surface area contributed by atoms with Gasteiger partial charge in [-0.3, -0.25) is 9.48 Å². The predicted molar refractivity (Wildman–Crippen MR) is 89.6 cm³/mol. The van der Waals surface area contributed by atoms with Crippen LogP contribution in [0.4, 0.5) is 5.13 Å². The second-order valence-corrected chi connectivity index (χ2v) is 7.25. The van der Waals surface area contributed by atoms with Gasteiger partial charge in [0.05, 0.1) is 6.20 Å². The highest BCUT2D eigenvalue weighted by molar-refractivity contribution is 7.13. The molecule has 0 spiro atoms. The minimum atomic E-state index is 0.158. The van der Waals surface area contributed by atoms with Crippen molar-refractivity contribution >= 4 is 22.4 Å². The summed E-state index contributed by atoms with van der Waals surface area (Å²) in [5.74, 6) is 0.847. The van der Waals surface area contributed by atoms with Crippen LogP contribution >= 0.6 is 11.3 Å². The molecule has 2 aromatic heterocycles. The van der Waals surface area contributed by atoms with E-state index >= 15 is 0 Å². The lowest BCUT2D eigenvalue weighted by molar-refractivity contribution is -0.132. The fourth-order valence-corrected chi connectivity index (χ4v) is 4.10. The molecule has 23 heavy (non-hydrogen) atoms. The summed E-state index contributed by atoms with van der Waals surface area (Å²) >= 11 is 1.67. The fraction of sp³-hybridized carbons (Fsp3) is 0.562. The number of carbonyl (C=O) groups excluding carboxylic acids is 1. The van der Waals surface area contributed by atoms with Crippen molar-refractivity contribution in [2.75, 3.05) is 31.1 Å². The van der Waals surface area contributed by atoms with Gasteiger partial charge in [-0.25, -0.2) is 4.98 Å². The Bertz CT molecular complexity index is 682. The smallest absolute Gasteiger partial charge is 0.226 e. The average Bonchev–Trinajstić information content (AvgIpc) is 3.06. The van der Waals surface area contributed by atoms with Crippen LogP contribution in [0.25, 0.3) is 0 Å². The number of aromatic nitrogens is 3. The maximum atomic E-state index is 12.8. The van der Waals surface area contributed by atoms with Crippen molar-refractivity contribution in [3.8, 4) is 0 Å². The van der Waals surface area contributed by atoms with Crippen molar-refractivity contribution in [3.63, 3.8) is 0 Å². The van der Waals surface area contributed by atoms with E-state index < -0.39 is 0 Å². The standard InChI is InChI=1S/C16H21N5OS/c1-19-11-12(10-18-19)13-9-14(13)15(22)20-4-2-5-21(7-6-20)16-17-3-8-23-16/h3,8,10-11,13-14H,2,4-7,9H2,1H3. The van der Waals surface area contributed by atoms with Gasteiger partial charge in [-0.05, 0) is 24.3 Å². The quantitative estimate of drug-likeness (QED) is 0.859. The van der Waals surface area contributed by atoms with E-state index in [1.165, 1.54) is 5.56 Å². The third-order valence-electron chi connectivity index (χ3n) is 4.76. The first kappa shape index (κ1) is 14.7. The number of hydrogen-bond acceptors (Lipinski definition) is 5. The van der Waals surface area contributed by atoms with Crippen LogP contribution in [0.3, 0.4) is 0 Å². The van der Waals surface area contributed by atoms with Crippen LogP contribution < -0.4 is 4.90 Å². The Balaban J connectivity index is 1.36. The third kappa shape index (κ3) is 2.97. The zero-order valence-corrected chi connectivity index (χ0v) is 14.1. The molecule has 0 N–H and O–H groups in total. The number of nitrogens with zero attached hydrogens (tertiary/aromatic N) is 5. The molecular formula is C16H21N5OS. The number of amides is 1. The molecule has 1 aliphatic carbocycles. The van der Waals surface area contributed by atoms with E-state index in [-0.39, 0.29) is 5.92 Å². The molecule has 2 aliphatic rings. The van der Waals surface area contributed by atoms with E-state index in [9.17, 15) is 4.79 Å². The number of carbonyl (C=O) groups is 1. The lowest BCUT2D eigenvalue weighted by Gasteiger charge is -2.21. The Labute approximate surface area is 139 Å². The van der Waals surface area contributed by atoms with Crippen LogP contribution in [0.5, 0.6) is 0 Å². The molecular weight excluding hydrogens is 310 g/mol. The van der Waals surface area contributed by atoms with Gasteiger partial charge in [-0.2, -0.15) is 5.10 Å². The lowest BCUT2D eigenvalue weighted by Crippen LogP contribution is -2.36. The molecule has 0 aromatic carbocycles. The Kier molecular flexibility index (Phi) is 3.80. The maximum absolute atomic E-state index is 12.8. The molecule has 7 heteroatoms. The monoisotopic (exact) mass is 331 g/mol. The third-order valence-corrected chi connectivity index (χ3v) is 5.59. The van der Waals surface area contributed by atoms with Gasteiger partial charge in [0.2, 0.25) is 5.91 Å². The van der Waals surface area contributed by atoms with E-state index in [0.717, 1.165) is 44.2 Å². The number of anilines is 1. The zero-order valence-electron chi connectivity index (χ0n) is 13.3. The number of aryl methyl sites for hydroxylation is 1.